The molecule has 2 rings (SSSR count). The van der Waals surface area contributed by atoms with E-state index in [9.17, 15) is 10.2 Å². The molecule has 0 fully saturated rings. The molecule has 14 heavy (non-hydrogen) atoms. The molecule has 1 aromatic rings. The second-order valence-electron chi connectivity index (χ2n) is 3.58. The SMILES string of the molecule is C=C(O)C1Cc2ccc(O)cc2CN1. The van der Waals surface area contributed by atoms with E-state index in [0.29, 0.717) is 6.54 Å². The van der Waals surface area contributed by atoms with Crippen LogP contribution in [0.4, 0.5) is 0 Å². The first-order valence-corrected chi connectivity index (χ1v) is 4.59. The van der Waals surface area contributed by atoms with Gasteiger partial charge in [-0.25, -0.2) is 0 Å². The smallest absolute Gasteiger partial charge is 0.115 e. The summed E-state index contributed by atoms with van der Waals surface area (Å²) in [5, 5.41) is 21.7. The lowest BCUT2D eigenvalue weighted by Gasteiger charge is -2.25. The number of phenols is 1. The number of hydrogen-bond acceptors (Lipinski definition) is 3. The fourth-order valence-corrected chi connectivity index (χ4v) is 1.74. The largest absolute Gasteiger partial charge is 0.511 e. The maximum Gasteiger partial charge on any atom is 0.115 e. The van der Waals surface area contributed by atoms with Crippen molar-refractivity contribution in [1.29, 1.82) is 0 Å². The second kappa shape index (κ2) is 3.35. The zero-order valence-electron chi connectivity index (χ0n) is 7.83. The first-order chi connectivity index (χ1) is 6.66. The van der Waals surface area contributed by atoms with Crippen LogP contribution in [0, 0.1) is 0 Å². The van der Waals surface area contributed by atoms with Gasteiger partial charge in [-0.2, -0.15) is 0 Å². The molecule has 0 aromatic heterocycles. The molecule has 0 amide bonds. The van der Waals surface area contributed by atoms with Gasteiger partial charge < -0.3 is 15.5 Å². The van der Waals surface area contributed by atoms with Gasteiger partial charge in [0.1, 0.15) is 11.5 Å². The van der Waals surface area contributed by atoms with E-state index in [1.54, 1.807) is 12.1 Å². The molecule has 1 atom stereocenters. The standard InChI is InChI=1S/C11H13NO2/c1-7(13)11-5-8-2-3-10(14)4-9(8)6-12-11/h2-4,11-14H,1,5-6H2. The Morgan fingerprint density at radius 1 is 1.43 bits per heavy atom. The third-order valence-electron chi connectivity index (χ3n) is 2.56. The molecule has 0 saturated carbocycles. The Labute approximate surface area is 82.7 Å². The lowest BCUT2D eigenvalue weighted by atomic mass is 9.95. The molecule has 1 unspecified atom stereocenters. The van der Waals surface area contributed by atoms with Gasteiger partial charge in [0, 0.05) is 6.54 Å². The topological polar surface area (TPSA) is 52.5 Å². The molecule has 0 aliphatic carbocycles. The van der Waals surface area contributed by atoms with Gasteiger partial charge in [0.05, 0.1) is 6.04 Å². The molecule has 74 valence electrons. The van der Waals surface area contributed by atoms with Crippen molar-refractivity contribution in [2.45, 2.75) is 19.0 Å². The number of fused-ring (bicyclic) bond motifs is 1. The monoisotopic (exact) mass is 191 g/mol. The fraction of sp³-hybridized carbons (Fsp3) is 0.273. The minimum absolute atomic E-state index is 0.0629. The summed E-state index contributed by atoms with van der Waals surface area (Å²) < 4.78 is 0. The predicted octanol–water partition coefficient (Wildman–Crippen LogP) is 1.48. The summed E-state index contributed by atoms with van der Waals surface area (Å²) in [7, 11) is 0. The van der Waals surface area contributed by atoms with Crippen molar-refractivity contribution in [2.24, 2.45) is 0 Å². The molecule has 0 bridgehead atoms. The normalized spacial score (nSPS) is 20.1. The van der Waals surface area contributed by atoms with Crippen molar-refractivity contribution in [1.82, 2.24) is 5.32 Å². The minimum Gasteiger partial charge on any atom is -0.511 e. The Balaban J connectivity index is 2.27. The Kier molecular flexibility index (Phi) is 2.17. The van der Waals surface area contributed by atoms with E-state index in [1.807, 2.05) is 6.07 Å². The number of rotatable bonds is 1. The average molecular weight is 191 g/mol. The predicted molar refractivity (Wildman–Crippen MR) is 54.2 cm³/mol. The number of aromatic hydroxyl groups is 1. The summed E-state index contributed by atoms with van der Waals surface area (Å²) in [6.07, 6.45) is 0.727. The van der Waals surface area contributed by atoms with E-state index in [2.05, 4.69) is 11.9 Å². The molecule has 1 aliphatic heterocycles. The summed E-state index contributed by atoms with van der Waals surface area (Å²) in [5.74, 6) is 0.454. The molecular formula is C11H13NO2. The molecule has 0 saturated heterocycles. The van der Waals surface area contributed by atoms with Crippen LogP contribution in [0.5, 0.6) is 5.75 Å². The lowest BCUT2D eigenvalue weighted by Crippen LogP contribution is -2.36. The number of aliphatic hydroxyl groups excluding tert-OH is 1. The van der Waals surface area contributed by atoms with Crippen LogP contribution in [0.25, 0.3) is 0 Å². The molecule has 0 radical (unpaired) electrons. The van der Waals surface area contributed by atoms with E-state index in [1.165, 1.54) is 0 Å². The summed E-state index contributed by atoms with van der Waals surface area (Å²) in [5.41, 5.74) is 2.24. The number of aliphatic hydroxyl groups is 1. The Hall–Kier alpha value is -1.48. The van der Waals surface area contributed by atoms with Crippen LogP contribution >= 0.6 is 0 Å². The van der Waals surface area contributed by atoms with Gasteiger partial charge in [-0.3, -0.25) is 0 Å². The molecular weight excluding hydrogens is 178 g/mol. The fourth-order valence-electron chi connectivity index (χ4n) is 1.74. The van der Waals surface area contributed by atoms with Crippen molar-refractivity contribution in [3.63, 3.8) is 0 Å². The molecule has 0 spiro atoms. The molecule has 1 aliphatic rings. The highest BCUT2D eigenvalue weighted by molar-refractivity contribution is 5.37. The first kappa shape index (κ1) is 9.09. The molecule has 3 nitrogen and oxygen atoms in total. The van der Waals surface area contributed by atoms with Crippen LogP contribution in [0.2, 0.25) is 0 Å². The lowest BCUT2D eigenvalue weighted by molar-refractivity contribution is 0.332. The van der Waals surface area contributed by atoms with E-state index >= 15 is 0 Å². The number of phenolic OH excluding ortho intramolecular Hbond substituents is 1. The van der Waals surface area contributed by atoms with Crippen LogP contribution in [0.15, 0.2) is 30.5 Å². The van der Waals surface area contributed by atoms with Gasteiger partial charge >= 0.3 is 0 Å². The van der Waals surface area contributed by atoms with E-state index in [-0.39, 0.29) is 17.6 Å². The highest BCUT2D eigenvalue weighted by Crippen LogP contribution is 2.22. The zero-order chi connectivity index (χ0) is 10.1. The van der Waals surface area contributed by atoms with Crippen LogP contribution in [-0.4, -0.2) is 16.3 Å². The Morgan fingerprint density at radius 3 is 2.93 bits per heavy atom. The van der Waals surface area contributed by atoms with Gasteiger partial charge in [0.2, 0.25) is 0 Å². The highest BCUT2D eigenvalue weighted by Gasteiger charge is 2.19. The highest BCUT2D eigenvalue weighted by atomic mass is 16.3. The molecule has 1 aromatic carbocycles. The van der Waals surface area contributed by atoms with Crippen molar-refractivity contribution >= 4 is 0 Å². The molecule has 3 N–H and O–H groups in total. The summed E-state index contributed by atoms with van der Waals surface area (Å²) >= 11 is 0. The van der Waals surface area contributed by atoms with Crippen LogP contribution in [0.3, 0.4) is 0 Å². The number of hydrogen-bond donors (Lipinski definition) is 3. The van der Waals surface area contributed by atoms with E-state index in [4.69, 9.17) is 0 Å². The maximum atomic E-state index is 9.27. The van der Waals surface area contributed by atoms with Crippen LogP contribution < -0.4 is 5.32 Å². The van der Waals surface area contributed by atoms with Crippen molar-refractivity contribution < 1.29 is 10.2 Å². The van der Waals surface area contributed by atoms with Gasteiger partial charge in [-0.1, -0.05) is 12.6 Å². The summed E-state index contributed by atoms with van der Waals surface area (Å²) in [6.45, 7) is 4.17. The van der Waals surface area contributed by atoms with Gasteiger partial charge in [0.25, 0.3) is 0 Å². The van der Waals surface area contributed by atoms with E-state index in [0.717, 1.165) is 17.5 Å². The van der Waals surface area contributed by atoms with Crippen molar-refractivity contribution in [3.05, 3.63) is 41.7 Å². The van der Waals surface area contributed by atoms with Crippen molar-refractivity contribution in [2.75, 3.05) is 0 Å². The quantitative estimate of drug-likeness (QED) is 0.589. The Morgan fingerprint density at radius 2 is 2.21 bits per heavy atom. The van der Waals surface area contributed by atoms with Crippen LogP contribution in [-0.2, 0) is 13.0 Å². The summed E-state index contributed by atoms with van der Waals surface area (Å²) in [4.78, 5) is 0. The number of benzene rings is 1. The first-order valence-electron chi connectivity index (χ1n) is 4.59. The van der Waals surface area contributed by atoms with Crippen molar-refractivity contribution in [3.8, 4) is 5.75 Å². The third kappa shape index (κ3) is 1.59. The Bertz CT molecular complexity index is 374. The zero-order valence-corrected chi connectivity index (χ0v) is 7.83. The van der Waals surface area contributed by atoms with E-state index < -0.39 is 0 Å². The molecule has 3 heteroatoms. The third-order valence-corrected chi connectivity index (χ3v) is 2.56. The molecule has 1 heterocycles. The second-order valence-corrected chi connectivity index (χ2v) is 3.58. The number of nitrogens with one attached hydrogen (secondary N) is 1. The maximum absolute atomic E-state index is 9.27. The van der Waals surface area contributed by atoms with Gasteiger partial charge in [-0.05, 0) is 29.7 Å². The summed E-state index contributed by atoms with van der Waals surface area (Å²) in [6, 6.07) is 5.24. The average Bonchev–Trinajstić information content (AvgIpc) is 2.16. The van der Waals surface area contributed by atoms with Gasteiger partial charge in [-0.15, -0.1) is 0 Å². The minimum atomic E-state index is -0.0629. The van der Waals surface area contributed by atoms with Gasteiger partial charge in [0.15, 0.2) is 0 Å². The van der Waals surface area contributed by atoms with Crippen LogP contribution in [0.1, 0.15) is 11.1 Å².